The van der Waals surface area contributed by atoms with Crippen LogP contribution in [0.1, 0.15) is 25.8 Å². The Kier molecular flexibility index (Phi) is 3.79. The highest BCUT2D eigenvalue weighted by Gasteiger charge is 2.43. The molecule has 0 radical (unpaired) electrons. The van der Waals surface area contributed by atoms with E-state index in [-0.39, 0.29) is 23.9 Å². The van der Waals surface area contributed by atoms with Crippen LogP contribution in [0.4, 0.5) is 10.1 Å². The lowest BCUT2D eigenvalue weighted by Gasteiger charge is -2.41. The quantitative estimate of drug-likeness (QED) is 0.905. The molecule has 0 aliphatic carbocycles. The van der Waals surface area contributed by atoms with E-state index in [1.54, 1.807) is 32.9 Å². The third-order valence-electron chi connectivity index (χ3n) is 4.02. The Balaban J connectivity index is 2.49. The van der Waals surface area contributed by atoms with Gasteiger partial charge in [0.2, 0.25) is 5.91 Å². The van der Waals surface area contributed by atoms with E-state index < -0.39 is 23.7 Å². The second kappa shape index (κ2) is 5.23. The lowest BCUT2D eigenvalue weighted by molar-refractivity contribution is -0.146. The number of aryl methyl sites for hydroxylation is 1. The Labute approximate surface area is 117 Å². The van der Waals surface area contributed by atoms with Crippen molar-refractivity contribution in [1.82, 2.24) is 0 Å². The van der Waals surface area contributed by atoms with Gasteiger partial charge in [0.15, 0.2) is 0 Å². The van der Waals surface area contributed by atoms with Crippen molar-refractivity contribution in [2.75, 3.05) is 4.90 Å². The van der Waals surface area contributed by atoms with Gasteiger partial charge in [-0.15, -0.1) is 0 Å². The van der Waals surface area contributed by atoms with E-state index in [1.165, 1.54) is 11.0 Å². The molecule has 20 heavy (non-hydrogen) atoms. The summed E-state index contributed by atoms with van der Waals surface area (Å²) in [5.74, 6) is -2.61. The number of hydrogen-bond acceptors (Lipinski definition) is 2. The van der Waals surface area contributed by atoms with Gasteiger partial charge in [0.1, 0.15) is 5.82 Å². The van der Waals surface area contributed by atoms with Crippen LogP contribution in [-0.4, -0.2) is 23.0 Å². The highest BCUT2D eigenvalue weighted by molar-refractivity contribution is 5.97. The fraction of sp³-hybridized carbons (Fsp3) is 0.467. The fourth-order valence-electron chi connectivity index (χ4n) is 3.07. The summed E-state index contributed by atoms with van der Waals surface area (Å²) >= 11 is 0. The molecule has 0 spiro atoms. The number of hydrogen-bond donors (Lipinski definition) is 1. The van der Waals surface area contributed by atoms with Crippen molar-refractivity contribution < 1.29 is 19.1 Å². The molecule has 1 heterocycles. The van der Waals surface area contributed by atoms with E-state index in [4.69, 9.17) is 0 Å². The first-order valence-electron chi connectivity index (χ1n) is 6.64. The predicted octanol–water partition coefficient (Wildman–Crippen LogP) is 2.60. The molecule has 3 unspecified atom stereocenters. The summed E-state index contributed by atoms with van der Waals surface area (Å²) < 4.78 is 14.1. The van der Waals surface area contributed by atoms with Crippen molar-refractivity contribution in [2.24, 2.45) is 11.8 Å². The summed E-state index contributed by atoms with van der Waals surface area (Å²) in [7, 11) is 0. The molecular weight excluding hydrogens is 261 g/mol. The maximum atomic E-state index is 14.1. The van der Waals surface area contributed by atoms with Crippen LogP contribution in [0, 0.1) is 24.6 Å². The SMILES string of the molecule is Cc1cccc(F)c1N1C(=O)CC(C)C(C(=O)O)C1C. The van der Waals surface area contributed by atoms with Gasteiger partial charge in [-0.1, -0.05) is 19.1 Å². The van der Waals surface area contributed by atoms with Crippen molar-refractivity contribution in [3.8, 4) is 0 Å². The van der Waals surface area contributed by atoms with Gasteiger partial charge in [-0.2, -0.15) is 0 Å². The van der Waals surface area contributed by atoms with Crippen LogP contribution in [0.3, 0.4) is 0 Å². The smallest absolute Gasteiger partial charge is 0.308 e. The van der Waals surface area contributed by atoms with Crippen LogP contribution >= 0.6 is 0 Å². The molecule has 0 bridgehead atoms. The summed E-state index contributed by atoms with van der Waals surface area (Å²) in [6, 6.07) is 4.01. The number of carbonyl (C=O) groups is 2. The number of rotatable bonds is 2. The molecule has 1 fully saturated rings. The molecule has 0 aromatic heterocycles. The number of aliphatic carboxylic acids is 1. The normalized spacial score (nSPS) is 26.7. The molecule has 1 aliphatic rings. The maximum absolute atomic E-state index is 14.1. The number of carboxylic acid groups (broad SMARTS) is 1. The molecule has 1 aromatic carbocycles. The minimum Gasteiger partial charge on any atom is -0.481 e. The number of piperidine rings is 1. The average molecular weight is 279 g/mol. The summed E-state index contributed by atoms with van der Waals surface area (Å²) in [4.78, 5) is 25.0. The number of anilines is 1. The van der Waals surface area contributed by atoms with Gasteiger partial charge in [-0.3, -0.25) is 9.59 Å². The summed E-state index contributed by atoms with van der Waals surface area (Å²) in [5.41, 5.74) is 0.826. The van der Waals surface area contributed by atoms with Crippen molar-refractivity contribution >= 4 is 17.6 Å². The zero-order valence-electron chi connectivity index (χ0n) is 11.8. The van der Waals surface area contributed by atoms with Crippen LogP contribution in [0.5, 0.6) is 0 Å². The topological polar surface area (TPSA) is 57.6 Å². The summed E-state index contributed by atoms with van der Waals surface area (Å²) in [5, 5.41) is 9.34. The second-order valence-corrected chi connectivity index (χ2v) is 5.46. The third kappa shape index (κ3) is 2.28. The fourth-order valence-corrected chi connectivity index (χ4v) is 3.07. The first-order valence-corrected chi connectivity index (χ1v) is 6.64. The second-order valence-electron chi connectivity index (χ2n) is 5.46. The minimum absolute atomic E-state index is 0.120. The lowest BCUT2D eigenvalue weighted by Crippen LogP contribution is -2.53. The zero-order valence-corrected chi connectivity index (χ0v) is 11.8. The lowest BCUT2D eigenvalue weighted by atomic mass is 9.80. The van der Waals surface area contributed by atoms with Gasteiger partial charge < -0.3 is 10.0 Å². The van der Waals surface area contributed by atoms with E-state index in [0.29, 0.717) is 5.56 Å². The van der Waals surface area contributed by atoms with Crippen LogP contribution in [0.25, 0.3) is 0 Å². The number of nitrogens with zero attached hydrogens (tertiary/aromatic N) is 1. The van der Waals surface area contributed by atoms with Gasteiger partial charge in [0.25, 0.3) is 0 Å². The molecule has 0 saturated carbocycles. The number of carbonyl (C=O) groups excluding carboxylic acids is 1. The Hall–Kier alpha value is -1.91. The van der Waals surface area contributed by atoms with Gasteiger partial charge >= 0.3 is 5.97 Å². The molecule has 1 aromatic rings. The largest absolute Gasteiger partial charge is 0.481 e. The minimum atomic E-state index is -0.948. The monoisotopic (exact) mass is 279 g/mol. The predicted molar refractivity (Wildman–Crippen MR) is 73.0 cm³/mol. The zero-order chi connectivity index (χ0) is 15.0. The van der Waals surface area contributed by atoms with Crippen molar-refractivity contribution in [2.45, 2.75) is 33.2 Å². The Morgan fingerprint density at radius 1 is 1.40 bits per heavy atom. The van der Waals surface area contributed by atoms with Crippen LogP contribution < -0.4 is 4.90 Å². The molecule has 1 N–H and O–H groups in total. The van der Waals surface area contributed by atoms with E-state index in [9.17, 15) is 19.1 Å². The molecule has 3 atom stereocenters. The Morgan fingerprint density at radius 2 is 2.05 bits per heavy atom. The molecule has 1 saturated heterocycles. The first-order chi connectivity index (χ1) is 9.34. The third-order valence-corrected chi connectivity index (χ3v) is 4.02. The van der Waals surface area contributed by atoms with E-state index in [1.807, 2.05) is 0 Å². The van der Waals surface area contributed by atoms with E-state index in [0.717, 1.165) is 0 Å². The van der Waals surface area contributed by atoms with Crippen LogP contribution in [-0.2, 0) is 9.59 Å². The average Bonchev–Trinajstić information content (AvgIpc) is 2.31. The number of benzene rings is 1. The van der Waals surface area contributed by atoms with Gasteiger partial charge in [0.05, 0.1) is 11.6 Å². The van der Waals surface area contributed by atoms with Gasteiger partial charge in [0, 0.05) is 12.5 Å². The molecule has 5 heteroatoms. The number of amides is 1. The van der Waals surface area contributed by atoms with E-state index in [2.05, 4.69) is 0 Å². The molecule has 1 amide bonds. The van der Waals surface area contributed by atoms with Crippen LogP contribution in [0.2, 0.25) is 0 Å². The molecular formula is C15H18FNO3. The molecule has 4 nitrogen and oxygen atoms in total. The maximum Gasteiger partial charge on any atom is 0.308 e. The van der Waals surface area contributed by atoms with E-state index >= 15 is 0 Å². The number of para-hydroxylation sites is 1. The number of carboxylic acids is 1. The summed E-state index contributed by atoms with van der Waals surface area (Å²) in [6.45, 7) is 5.13. The van der Waals surface area contributed by atoms with Crippen molar-refractivity contribution in [3.63, 3.8) is 0 Å². The highest BCUT2D eigenvalue weighted by atomic mass is 19.1. The standard InChI is InChI=1S/C15H18FNO3/c1-8-5-4-6-11(16)14(8)17-10(3)13(15(19)20)9(2)7-12(17)18/h4-6,9-10,13H,7H2,1-3H3,(H,19,20). The first kappa shape index (κ1) is 14.5. The van der Waals surface area contributed by atoms with Gasteiger partial charge in [-0.05, 0) is 31.4 Å². The van der Waals surface area contributed by atoms with Crippen molar-refractivity contribution in [3.05, 3.63) is 29.6 Å². The Bertz CT molecular complexity index is 538. The van der Waals surface area contributed by atoms with Crippen LogP contribution in [0.15, 0.2) is 18.2 Å². The van der Waals surface area contributed by atoms with Gasteiger partial charge in [-0.25, -0.2) is 4.39 Å². The molecule has 2 rings (SSSR count). The summed E-state index contributed by atoms with van der Waals surface area (Å²) in [6.07, 6.45) is 0.120. The molecule has 108 valence electrons. The van der Waals surface area contributed by atoms with Crippen molar-refractivity contribution in [1.29, 1.82) is 0 Å². The molecule has 1 aliphatic heterocycles. The Morgan fingerprint density at radius 3 is 2.60 bits per heavy atom. The highest BCUT2D eigenvalue weighted by Crippen LogP contribution is 2.36. The number of halogens is 1.